The van der Waals surface area contributed by atoms with Crippen molar-refractivity contribution in [1.82, 2.24) is 20.1 Å². The molecule has 0 aromatic carbocycles. The molecule has 0 radical (unpaired) electrons. The van der Waals surface area contributed by atoms with E-state index in [2.05, 4.69) is 27.0 Å². The van der Waals surface area contributed by atoms with E-state index in [0.29, 0.717) is 0 Å². The number of aromatic nitrogens is 3. The molecule has 1 aromatic rings. The van der Waals surface area contributed by atoms with Crippen molar-refractivity contribution in [2.75, 3.05) is 13.1 Å². The third kappa shape index (κ3) is 3.92. The molecule has 1 aromatic heterocycles. The molecule has 1 aliphatic heterocycles. The van der Waals surface area contributed by atoms with Crippen molar-refractivity contribution in [1.29, 1.82) is 0 Å². The van der Waals surface area contributed by atoms with Crippen molar-refractivity contribution in [3.8, 4) is 0 Å². The van der Waals surface area contributed by atoms with Crippen LogP contribution in [0.1, 0.15) is 25.6 Å². The Morgan fingerprint density at radius 1 is 1.50 bits per heavy atom. The van der Waals surface area contributed by atoms with Crippen LogP contribution < -0.4 is 5.32 Å². The van der Waals surface area contributed by atoms with Gasteiger partial charge in [-0.25, -0.2) is 0 Å². The lowest BCUT2D eigenvalue weighted by molar-refractivity contribution is 0.366. The summed E-state index contributed by atoms with van der Waals surface area (Å²) in [5.41, 5.74) is 0. The molecule has 2 rings (SSSR count). The van der Waals surface area contributed by atoms with Crippen LogP contribution in [0.15, 0.2) is 6.33 Å². The third-order valence-electron chi connectivity index (χ3n) is 2.91. The van der Waals surface area contributed by atoms with Gasteiger partial charge in [-0.05, 0) is 38.8 Å². The van der Waals surface area contributed by atoms with Crippen LogP contribution in [0, 0.1) is 5.92 Å². The molecule has 0 spiro atoms. The molecular formula is C10H20Cl2N4. The zero-order chi connectivity index (χ0) is 9.80. The molecule has 1 fully saturated rings. The van der Waals surface area contributed by atoms with Crippen LogP contribution in [0.4, 0.5) is 0 Å². The van der Waals surface area contributed by atoms with Crippen molar-refractivity contribution >= 4 is 24.8 Å². The van der Waals surface area contributed by atoms with Gasteiger partial charge in [0.25, 0.3) is 0 Å². The number of hydrogen-bond donors (Lipinski definition) is 1. The lowest BCUT2D eigenvalue weighted by Crippen LogP contribution is -2.31. The van der Waals surface area contributed by atoms with Gasteiger partial charge in [0, 0.05) is 13.0 Å². The van der Waals surface area contributed by atoms with E-state index in [9.17, 15) is 0 Å². The number of piperidine rings is 1. The smallest absolute Gasteiger partial charge is 0.133 e. The van der Waals surface area contributed by atoms with E-state index in [1.807, 2.05) is 6.33 Å². The zero-order valence-corrected chi connectivity index (χ0v) is 11.2. The number of rotatable bonds is 3. The number of halogens is 2. The van der Waals surface area contributed by atoms with E-state index in [0.717, 1.165) is 31.3 Å². The SMILES string of the molecule is CCn1cnnc1CC1CCCNC1.Cl.Cl. The Hall–Kier alpha value is -0.320. The highest BCUT2D eigenvalue weighted by molar-refractivity contribution is 5.85. The van der Waals surface area contributed by atoms with E-state index in [4.69, 9.17) is 0 Å². The Bertz CT molecular complexity index is 284. The summed E-state index contributed by atoms with van der Waals surface area (Å²) in [5.74, 6) is 1.89. The monoisotopic (exact) mass is 266 g/mol. The summed E-state index contributed by atoms with van der Waals surface area (Å²) < 4.78 is 2.13. The summed E-state index contributed by atoms with van der Waals surface area (Å²) in [6, 6.07) is 0. The summed E-state index contributed by atoms with van der Waals surface area (Å²) in [6.45, 7) is 5.42. The fourth-order valence-electron chi connectivity index (χ4n) is 2.06. The molecule has 4 nitrogen and oxygen atoms in total. The molecule has 0 bridgehead atoms. The summed E-state index contributed by atoms with van der Waals surface area (Å²) in [6.07, 6.45) is 5.51. The van der Waals surface area contributed by atoms with Crippen LogP contribution in [0.25, 0.3) is 0 Å². The minimum absolute atomic E-state index is 0. The van der Waals surface area contributed by atoms with Gasteiger partial charge in [0.2, 0.25) is 0 Å². The van der Waals surface area contributed by atoms with Gasteiger partial charge in [-0.3, -0.25) is 0 Å². The largest absolute Gasteiger partial charge is 0.318 e. The maximum absolute atomic E-state index is 4.17. The van der Waals surface area contributed by atoms with Gasteiger partial charge in [-0.15, -0.1) is 35.0 Å². The molecular weight excluding hydrogens is 247 g/mol. The molecule has 1 saturated heterocycles. The summed E-state index contributed by atoms with van der Waals surface area (Å²) in [7, 11) is 0. The lowest BCUT2D eigenvalue weighted by atomic mass is 9.96. The second-order valence-corrected chi connectivity index (χ2v) is 3.95. The highest BCUT2D eigenvalue weighted by Gasteiger charge is 2.15. The Labute approximate surface area is 109 Å². The van der Waals surface area contributed by atoms with Crippen molar-refractivity contribution in [3.05, 3.63) is 12.2 Å². The van der Waals surface area contributed by atoms with Crippen molar-refractivity contribution in [3.63, 3.8) is 0 Å². The molecule has 6 heteroatoms. The number of aryl methyl sites for hydroxylation is 1. The molecule has 2 heterocycles. The van der Waals surface area contributed by atoms with Gasteiger partial charge >= 0.3 is 0 Å². The van der Waals surface area contributed by atoms with Crippen LogP contribution in [0.3, 0.4) is 0 Å². The molecule has 0 saturated carbocycles. The average molecular weight is 267 g/mol. The first-order chi connectivity index (χ1) is 6.90. The molecule has 0 amide bonds. The van der Waals surface area contributed by atoms with E-state index in [1.54, 1.807) is 0 Å². The highest BCUT2D eigenvalue weighted by atomic mass is 35.5. The molecule has 1 atom stereocenters. The molecule has 1 aliphatic rings. The Kier molecular flexibility index (Phi) is 7.72. The predicted octanol–water partition coefficient (Wildman–Crippen LogP) is 1.68. The minimum Gasteiger partial charge on any atom is -0.318 e. The second kappa shape index (κ2) is 7.87. The molecule has 94 valence electrons. The van der Waals surface area contributed by atoms with Crippen molar-refractivity contribution < 1.29 is 0 Å². The van der Waals surface area contributed by atoms with E-state index < -0.39 is 0 Å². The van der Waals surface area contributed by atoms with Crippen molar-refractivity contribution in [2.45, 2.75) is 32.7 Å². The van der Waals surface area contributed by atoms with Gasteiger partial charge in [-0.1, -0.05) is 0 Å². The van der Waals surface area contributed by atoms with Crippen LogP contribution in [-0.4, -0.2) is 27.9 Å². The van der Waals surface area contributed by atoms with Crippen LogP contribution in [0.2, 0.25) is 0 Å². The Morgan fingerprint density at radius 3 is 2.94 bits per heavy atom. The number of nitrogens with zero attached hydrogens (tertiary/aromatic N) is 3. The van der Waals surface area contributed by atoms with E-state index >= 15 is 0 Å². The first-order valence-corrected chi connectivity index (χ1v) is 5.47. The minimum atomic E-state index is 0. The molecule has 1 unspecified atom stereocenters. The summed E-state index contributed by atoms with van der Waals surface area (Å²) >= 11 is 0. The lowest BCUT2D eigenvalue weighted by Gasteiger charge is -2.22. The quantitative estimate of drug-likeness (QED) is 0.906. The fourth-order valence-corrected chi connectivity index (χ4v) is 2.06. The Morgan fingerprint density at radius 2 is 2.31 bits per heavy atom. The van der Waals surface area contributed by atoms with Gasteiger partial charge in [0.1, 0.15) is 12.2 Å². The zero-order valence-electron chi connectivity index (χ0n) is 9.56. The highest BCUT2D eigenvalue weighted by Crippen LogP contribution is 2.14. The summed E-state index contributed by atoms with van der Waals surface area (Å²) in [5, 5.41) is 11.5. The normalized spacial score (nSPS) is 19.7. The van der Waals surface area contributed by atoms with E-state index in [-0.39, 0.29) is 24.8 Å². The van der Waals surface area contributed by atoms with Crippen LogP contribution >= 0.6 is 24.8 Å². The van der Waals surface area contributed by atoms with Crippen LogP contribution in [-0.2, 0) is 13.0 Å². The van der Waals surface area contributed by atoms with Gasteiger partial charge in [0.05, 0.1) is 0 Å². The van der Waals surface area contributed by atoms with Crippen LogP contribution in [0.5, 0.6) is 0 Å². The Balaban J connectivity index is 0.00000112. The van der Waals surface area contributed by atoms with Gasteiger partial charge in [0.15, 0.2) is 0 Å². The fraction of sp³-hybridized carbons (Fsp3) is 0.800. The van der Waals surface area contributed by atoms with Gasteiger partial charge < -0.3 is 9.88 Å². The van der Waals surface area contributed by atoms with E-state index in [1.165, 1.54) is 19.4 Å². The summed E-state index contributed by atoms with van der Waals surface area (Å²) in [4.78, 5) is 0. The second-order valence-electron chi connectivity index (χ2n) is 3.95. The first kappa shape index (κ1) is 15.7. The topological polar surface area (TPSA) is 42.7 Å². The first-order valence-electron chi connectivity index (χ1n) is 5.47. The standard InChI is InChI=1S/C10H18N4.2ClH/c1-2-14-8-12-13-10(14)6-9-4-3-5-11-7-9;;/h8-9,11H,2-7H2,1H3;2*1H. The van der Waals surface area contributed by atoms with Crippen molar-refractivity contribution in [2.24, 2.45) is 5.92 Å². The average Bonchev–Trinajstić information content (AvgIpc) is 2.67. The third-order valence-corrected chi connectivity index (χ3v) is 2.91. The number of hydrogen-bond acceptors (Lipinski definition) is 3. The molecule has 0 aliphatic carbocycles. The molecule has 1 N–H and O–H groups in total. The van der Waals surface area contributed by atoms with Gasteiger partial charge in [-0.2, -0.15) is 0 Å². The number of nitrogens with one attached hydrogen (secondary N) is 1. The maximum atomic E-state index is 4.17. The maximum Gasteiger partial charge on any atom is 0.133 e. The molecule has 16 heavy (non-hydrogen) atoms. The predicted molar refractivity (Wildman–Crippen MR) is 69.5 cm³/mol.